The van der Waals surface area contributed by atoms with Crippen molar-refractivity contribution in [1.29, 1.82) is 0 Å². The van der Waals surface area contributed by atoms with Crippen LogP contribution in [-0.2, 0) is 11.2 Å². The lowest BCUT2D eigenvalue weighted by atomic mass is 9.73. The van der Waals surface area contributed by atoms with Gasteiger partial charge >= 0.3 is 0 Å². The summed E-state index contributed by atoms with van der Waals surface area (Å²) in [6.07, 6.45) is 4.60. The van der Waals surface area contributed by atoms with Crippen molar-refractivity contribution in [1.82, 2.24) is 15.0 Å². The smallest absolute Gasteiger partial charge is 0.259 e. The lowest BCUT2D eigenvalue weighted by Crippen LogP contribution is -2.59. The molecular formula is C40H35ClN6O3S. The SMILES string of the molecule is Cc1cnc(N2CC3(CCOCC3)C2)c(C(=O)Nc2ccc(C(=O)N3CCc4cc(-c5nc6cccc(Cl)c6[nH]5)sc4-c4ccccc43)cc2)c1. The third-order valence-electron chi connectivity index (χ3n) is 10.3. The van der Waals surface area contributed by atoms with Gasteiger partial charge in [-0.15, -0.1) is 11.3 Å². The van der Waals surface area contributed by atoms with Crippen molar-refractivity contribution in [2.45, 2.75) is 26.2 Å². The molecule has 0 bridgehead atoms. The molecule has 0 radical (unpaired) electrons. The zero-order valence-corrected chi connectivity index (χ0v) is 29.6. The fourth-order valence-corrected chi connectivity index (χ4v) is 9.01. The number of hydrogen-bond acceptors (Lipinski definition) is 7. The first kappa shape index (κ1) is 31.9. The van der Waals surface area contributed by atoms with E-state index in [1.54, 1.807) is 35.6 Å². The van der Waals surface area contributed by atoms with E-state index in [0.717, 1.165) is 82.6 Å². The molecule has 2 saturated heterocycles. The molecule has 9 nitrogen and oxygen atoms in total. The molecule has 256 valence electrons. The van der Waals surface area contributed by atoms with Crippen molar-refractivity contribution in [3.63, 3.8) is 0 Å². The van der Waals surface area contributed by atoms with Gasteiger partial charge in [-0.3, -0.25) is 9.59 Å². The van der Waals surface area contributed by atoms with E-state index in [9.17, 15) is 9.59 Å². The number of nitrogens with one attached hydrogen (secondary N) is 2. The van der Waals surface area contributed by atoms with Crippen LogP contribution in [0.5, 0.6) is 0 Å². The number of halogens is 1. The summed E-state index contributed by atoms with van der Waals surface area (Å²) in [5.74, 6) is 1.19. The molecule has 0 aliphatic carbocycles. The second-order valence-electron chi connectivity index (χ2n) is 13.8. The number of hydrogen-bond donors (Lipinski definition) is 2. The molecule has 11 heteroatoms. The van der Waals surface area contributed by atoms with Crippen molar-refractivity contribution in [3.8, 4) is 21.1 Å². The highest BCUT2D eigenvalue weighted by atomic mass is 35.5. The number of fused-ring (bicyclic) bond motifs is 4. The highest BCUT2D eigenvalue weighted by Crippen LogP contribution is 2.45. The molecule has 3 aliphatic heterocycles. The number of aromatic nitrogens is 3. The van der Waals surface area contributed by atoms with Crippen LogP contribution in [0.15, 0.2) is 85.1 Å². The Bertz CT molecular complexity index is 2320. The van der Waals surface area contributed by atoms with E-state index >= 15 is 0 Å². The van der Waals surface area contributed by atoms with Crippen LogP contribution in [0.2, 0.25) is 5.02 Å². The third kappa shape index (κ3) is 5.77. The van der Waals surface area contributed by atoms with Crippen molar-refractivity contribution < 1.29 is 14.3 Å². The molecule has 3 aromatic carbocycles. The van der Waals surface area contributed by atoms with Crippen molar-refractivity contribution in [3.05, 3.63) is 112 Å². The lowest BCUT2D eigenvalue weighted by Gasteiger charge is -2.53. The number of pyridine rings is 1. The van der Waals surface area contributed by atoms with Crippen LogP contribution >= 0.6 is 22.9 Å². The van der Waals surface area contributed by atoms with Gasteiger partial charge in [0.25, 0.3) is 11.8 Å². The van der Waals surface area contributed by atoms with Gasteiger partial charge in [0.05, 0.1) is 32.2 Å². The van der Waals surface area contributed by atoms with Crippen molar-refractivity contribution in [2.24, 2.45) is 5.41 Å². The summed E-state index contributed by atoms with van der Waals surface area (Å²) in [4.78, 5) is 46.8. The number of H-pyrrole nitrogens is 1. The number of para-hydroxylation sites is 2. The maximum absolute atomic E-state index is 14.1. The summed E-state index contributed by atoms with van der Waals surface area (Å²) in [7, 11) is 0. The summed E-state index contributed by atoms with van der Waals surface area (Å²) >= 11 is 8.09. The number of carbonyl (C=O) groups excluding carboxylic acids is 2. The molecule has 1 spiro atoms. The van der Waals surface area contributed by atoms with E-state index in [1.165, 1.54) is 5.56 Å². The second kappa shape index (κ2) is 12.6. The molecule has 0 unspecified atom stereocenters. The normalized spacial score (nSPS) is 16.4. The average molecular weight is 715 g/mol. The molecule has 9 rings (SSSR count). The number of imidazole rings is 1. The summed E-state index contributed by atoms with van der Waals surface area (Å²) in [5.41, 5.74) is 7.62. The largest absolute Gasteiger partial charge is 0.381 e. The first-order valence-corrected chi connectivity index (χ1v) is 18.4. The number of aromatic amines is 1. The standard InChI is InChI=1S/C40H35ClN6O3S/c1-24-19-29(37(42-21-24)46-22-40(23-46)14-17-50-18-15-40)38(48)43-27-11-9-25(10-12-27)39(49)47-16-13-26-20-33(51-35(26)28-5-2-3-8-32(28)47)36-44-31-7-4-6-30(41)34(31)45-36/h2-12,19-21H,13-18,22-23H2,1H3,(H,43,48)(H,44,45). The Hall–Kier alpha value is -5.03. The van der Waals surface area contributed by atoms with Gasteiger partial charge in [-0.2, -0.15) is 0 Å². The Kier molecular flexibility index (Phi) is 7.90. The van der Waals surface area contributed by atoms with Crippen LogP contribution in [0.1, 0.15) is 44.7 Å². The molecule has 3 aliphatic rings. The molecule has 3 aromatic heterocycles. The lowest BCUT2D eigenvalue weighted by molar-refractivity contribution is -0.000510. The fourth-order valence-electron chi connectivity index (χ4n) is 7.60. The molecule has 2 N–H and O–H groups in total. The monoisotopic (exact) mass is 714 g/mol. The number of amides is 2. The summed E-state index contributed by atoms with van der Waals surface area (Å²) < 4.78 is 5.58. The minimum absolute atomic E-state index is 0.0902. The van der Waals surface area contributed by atoms with Gasteiger partial charge in [0.2, 0.25) is 0 Å². The molecule has 51 heavy (non-hydrogen) atoms. The van der Waals surface area contributed by atoms with E-state index in [1.807, 2.05) is 60.5 Å². The Labute approximate surface area is 304 Å². The number of aryl methyl sites for hydroxylation is 1. The van der Waals surface area contributed by atoms with Crippen LogP contribution in [0.4, 0.5) is 17.2 Å². The molecular weight excluding hydrogens is 680 g/mol. The number of ether oxygens (including phenoxy) is 1. The molecule has 0 saturated carbocycles. The number of rotatable bonds is 5. The highest BCUT2D eigenvalue weighted by molar-refractivity contribution is 7.19. The van der Waals surface area contributed by atoms with Gasteiger partial charge in [-0.1, -0.05) is 35.9 Å². The van der Waals surface area contributed by atoms with Crippen molar-refractivity contribution >= 4 is 63.0 Å². The number of anilines is 3. The van der Waals surface area contributed by atoms with Gasteiger partial charge in [-0.25, -0.2) is 9.97 Å². The van der Waals surface area contributed by atoms with E-state index in [2.05, 4.69) is 32.3 Å². The van der Waals surface area contributed by atoms with Crippen LogP contribution in [0.25, 0.3) is 32.2 Å². The summed E-state index contributed by atoms with van der Waals surface area (Å²) in [5, 5.41) is 3.69. The quantitative estimate of drug-likeness (QED) is 0.186. The highest BCUT2D eigenvalue weighted by Gasteiger charge is 2.45. The molecule has 0 atom stereocenters. The number of nitrogens with zero attached hydrogens (tertiary/aromatic N) is 4. The zero-order valence-electron chi connectivity index (χ0n) is 28.0. The van der Waals surface area contributed by atoms with E-state index in [0.29, 0.717) is 40.6 Å². The first-order valence-electron chi connectivity index (χ1n) is 17.2. The van der Waals surface area contributed by atoms with Gasteiger partial charge < -0.3 is 24.8 Å². The average Bonchev–Trinajstić information content (AvgIpc) is 3.74. The minimum atomic E-state index is -0.217. The van der Waals surface area contributed by atoms with Crippen LogP contribution in [-0.4, -0.2) is 59.6 Å². The fraction of sp³-hybridized carbons (Fsp3) is 0.250. The van der Waals surface area contributed by atoms with E-state index in [4.69, 9.17) is 21.3 Å². The number of benzene rings is 3. The van der Waals surface area contributed by atoms with Crippen LogP contribution < -0.4 is 15.1 Å². The molecule has 2 amide bonds. The second-order valence-corrected chi connectivity index (χ2v) is 15.3. The first-order chi connectivity index (χ1) is 24.8. The third-order valence-corrected chi connectivity index (χ3v) is 11.9. The Morgan fingerprint density at radius 3 is 2.61 bits per heavy atom. The molecule has 2 fully saturated rings. The minimum Gasteiger partial charge on any atom is -0.381 e. The number of thiophene rings is 1. The Balaban J connectivity index is 0.929. The van der Waals surface area contributed by atoms with Gasteiger partial charge in [0.15, 0.2) is 0 Å². The van der Waals surface area contributed by atoms with E-state index < -0.39 is 0 Å². The number of carbonyl (C=O) groups is 2. The van der Waals surface area contributed by atoms with Gasteiger partial charge in [-0.05, 0) is 91.9 Å². The molecule has 6 heterocycles. The van der Waals surface area contributed by atoms with Gasteiger partial charge in [0, 0.05) is 66.2 Å². The Morgan fingerprint density at radius 2 is 1.80 bits per heavy atom. The summed E-state index contributed by atoms with van der Waals surface area (Å²) in [6, 6.07) is 25.0. The maximum Gasteiger partial charge on any atom is 0.259 e. The topological polar surface area (TPSA) is 103 Å². The van der Waals surface area contributed by atoms with Crippen molar-refractivity contribution in [2.75, 3.05) is 48.0 Å². The Morgan fingerprint density at radius 1 is 1.00 bits per heavy atom. The zero-order chi connectivity index (χ0) is 34.7. The predicted molar refractivity (Wildman–Crippen MR) is 203 cm³/mol. The van der Waals surface area contributed by atoms with E-state index in [-0.39, 0.29) is 17.2 Å². The summed E-state index contributed by atoms with van der Waals surface area (Å²) in [6.45, 7) is 5.82. The van der Waals surface area contributed by atoms with Crippen LogP contribution in [0.3, 0.4) is 0 Å². The molecule has 6 aromatic rings. The predicted octanol–water partition coefficient (Wildman–Crippen LogP) is 8.39. The maximum atomic E-state index is 14.1. The van der Waals surface area contributed by atoms with Gasteiger partial charge in [0.1, 0.15) is 11.6 Å². The van der Waals surface area contributed by atoms with Crippen LogP contribution in [0, 0.1) is 12.3 Å².